The molecule has 2 rings (SSSR count). The number of aryl methyl sites for hydroxylation is 1. The third-order valence-corrected chi connectivity index (χ3v) is 3.80. The van der Waals surface area contributed by atoms with E-state index in [1.165, 1.54) is 24.2 Å². The lowest BCUT2D eigenvalue weighted by molar-refractivity contribution is 0.0927. The second kappa shape index (κ2) is 4.49. The van der Waals surface area contributed by atoms with Gasteiger partial charge in [0.2, 0.25) is 5.01 Å². The van der Waals surface area contributed by atoms with E-state index < -0.39 is 0 Å². The molecule has 0 aliphatic heterocycles. The number of carbonyl (C=O) groups excluding carboxylic acids is 1. The van der Waals surface area contributed by atoms with Gasteiger partial charge in [0.25, 0.3) is 5.91 Å². The van der Waals surface area contributed by atoms with Crippen molar-refractivity contribution in [1.82, 2.24) is 15.5 Å². The van der Waals surface area contributed by atoms with Gasteiger partial charge in [-0.15, -0.1) is 10.2 Å². The highest BCUT2D eigenvalue weighted by Gasteiger charge is 2.43. The second-order valence-electron chi connectivity index (χ2n) is 4.46. The minimum Gasteiger partial charge on any atom is -0.344 e. The highest BCUT2D eigenvalue weighted by Crippen LogP contribution is 2.40. The molecule has 0 spiro atoms. The van der Waals surface area contributed by atoms with Crippen molar-refractivity contribution in [2.75, 3.05) is 0 Å². The Morgan fingerprint density at radius 2 is 2.25 bits per heavy atom. The molecule has 1 N–H and O–H groups in total. The second-order valence-corrected chi connectivity index (χ2v) is 5.65. The quantitative estimate of drug-likeness (QED) is 0.857. The summed E-state index contributed by atoms with van der Waals surface area (Å²) in [7, 11) is 0. The number of hydrogen-bond donors (Lipinski definition) is 1. The van der Waals surface area contributed by atoms with Crippen LogP contribution < -0.4 is 5.32 Å². The van der Waals surface area contributed by atoms with Crippen LogP contribution in [-0.4, -0.2) is 21.6 Å². The maximum absolute atomic E-state index is 11.9. The molecule has 0 atom stereocenters. The Kier molecular flexibility index (Phi) is 3.23. The molecule has 0 unspecified atom stereocenters. The van der Waals surface area contributed by atoms with E-state index in [4.69, 9.17) is 0 Å². The smallest absolute Gasteiger partial charge is 0.282 e. The highest BCUT2D eigenvalue weighted by atomic mass is 32.1. The first kappa shape index (κ1) is 11.5. The van der Waals surface area contributed by atoms with Crippen molar-refractivity contribution in [1.29, 1.82) is 0 Å². The Morgan fingerprint density at radius 1 is 1.50 bits per heavy atom. The van der Waals surface area contributed by atoms with Gasteiger partial charge in [-0.3, -0.25) is 4.79 Å². The molecule has 1 aromatic heterocycles. The Morgan fingerprint density at radius 3 is 2.75 bits per heavy atom. The fraction of sp³-hybridized carbons (Fsp3) is 0.727. The van der Waals surface area contributed by atoms with Crippen LogP contribution in [0, 0.1) is 6.92 Å². The van der Waals surface area contributed by atoms with E-state index >= 15 is 0 Å². The molecular formula is C11H17N3OS. The topological polar surface area (TPSA) is 54.9 Å². The zero-order chi connectivity index (χ0) is 11.6. The van der Waals surface area contributed by atoms with Crippen molar-refractivity contribution in [2.24, 2.45) is 0 Å². The van der Waals surface area contributed by atoms with Crippen LogP contribution in [0.15, 0.2) is 0 Å². The molecule has 1 heterocycles. The van der Waals surface area contributed by atoms with E-state index in [2.05, 4.69) is 22.4 Å². The van der Waals surface area contributed by atoms with Gasteiger partial charge >= 0.3 is 0 Å². The predicted octanol–water partition coefficient (Wildman–Crippen LogP) is 2.30. The maximum Gasteiger partial charge on any atom is 0.282 e. The van der Waals surface area contributed by atoms with Gasteiger partial charge in [-0.05, 0) is 26.2 Å². The van der Waals surface area contributed by atoms with Gasteiger partial charge in [0.15, 0.2) is 0 Å². The number of rotatable bonds is 5. The summed E-state index contributed by atoms with van der Waals surface area (Å²) in [5, 5.41) is 12.1. The fourth-order valence-corrected chi connectivity index (χ4v) is 2.37. The largest absolute Gasteiger partial charge is 0.344 e. The number of nitrogens with zero attached hydrogens (tertiary/aromatic N) is 2. The summed E-state index contributed by atoms with van der Waals surface area (Å²) in [5.74, 6) is -0.0563. The van der Waals surface area contributed by atoms with Crippen molar-refractivity contribution in [3.8, 4) is 0 Å². The van der Waals surface area contributed by atoms with Crippen LogP contribution in [0.25, 0.3) is 0 Å². The van der Waals surface area contributed by atoms with Gasteiger partial charge in [0.1, 0.15) is 5.01 Å². The van der Waals surface area contributed by atoms with Crippen LogP contribution in [0.2, 0.25) is 0 Å². The maximum atomic E-state index is 11.9. The molecule has 1 aliphatic carbocycles. The summed E-state index contributed by atoms with van der Waals surface area (Å²) in [6, 6.07) is 0. The summed E-state index contributed by atoms with van der Waals surface area (Å²) < 4.78 is 0. The first-order valence-electron chi connectivity index (χ1n) is 5.78. The highest BCUT2D eigenvalue weighted by molar-refractivity contribution is 7.13. The first-order valence-corrected chi connectivity index (χ1v) is 6.59. The van der Waals surface area contributed by atoms with Crippen LogP contribution in [0.4, 0.5) is 0 Å². The van der Waals surface area contributed by atoms with E-state index in [1.807, 2.05) is 6.92 Å². The van der Waals surface area contributed by atoms with Gasteiger partial charge in [0, 0.05) is 5.54 Å². The molecule has 1 amide bonds. The van der Waals surface area contributed by atoms with Crippen molar-refractivity contribution in [3.05, 3.63) is 10.0 Å². The molecule has 0 aromatic carbocycles. The number of unbranched alkanes of at least 4 members (excludes halogenated alkanes) is 1. The van der Waals surface area contributed by atoms with Gasteiger partial charge in [-0.2, -0.15) is 0 Å². The van der Waals surface area contributed by atoms with Gasteiger partial charge in [0.05, 0.1) is 0 Å². The lowest BCUT2D eigenvalue weighted by atomic mass is 10.1. The average Bonchev–Trinajstić information content (AvgIpc) is 2.88. The third kappa shape index (κ3) is 2.58. The summed E-state index contributed by atoms with van der Waals surface area (Å²) >= 11 is 1.35. The van der Waals surface area contributed by atoms with E-state index in [9.17, 15) is 4.79 Å². The third-order valence-electron chi connectivity index (χ3n) is 2.96. The van der Waals surface area contributed by atoms with Gasteiger partial charge < -0.3 is 5.32 Å². The minimum absolute atomic E-state index is 0.0563. The SMILES string of the molecule is CCCCC1(NC(=O)c2nnc(C)s2)CC1. The number of nitrogens with one attached hydrogen (secondary N) is 1. The molecule has 0 radical (unpaired) electrons. The number of hydrogen-bond acceptors (Lipinski definition) is 4. The predicted molar refractivity (Wildman–Crippen MR) is 63.6 cm³/mol. The van der Waals surface area contributed by atoms with Crippen LogP contribution in [0.1, 0.15) is 53.8 Å². The number of amides is 1. The first-order chi connectivity index (χ1) is 7.65. The van der Waals surface area contributed by atoms with Gasteiger partial charge in [-0.1, -0.05) is 31.1 Å². The fourth-order valence-electron chi connectivity index (χ4n) is 1.79. The molecule has 5 heteroatoms. The molecule has 4 nitrogen and oxygen atoms in total. The minimum atomic E-state index is -0.0563. The Hall–Kier alpha value is -0.970. The summed E-state index contributed by atoms with van der Waals surface area (Å²) in [6.45, 7) is 4.03. The summed E-state index contributed by atoms with van der Waals surface area (Å²) in [5.41, 5.74) is 0.0761. The lowest BCUT2D eigenvalue weighted by Gasteiger charge is -2.15. The zero-order valence-electron chi connectivity index (χ0n) is 9.75. The van der Waals surface area contributed by atoms with E-state index in [-0.39, 0.29) is 11.4 Å². The van der Waals surface area contributed by atoms with Crippen LogP contribution in [0.3, 0.4) is 0 Å². The van der Waals surface area contributed by atoms with Crippen molar-refractivity contribution in [3.63, 3.8) is 0 Å². The van der Waals surface area contributed by atoms with Crippen molar-refractivity contribution < 1.29 is 4.79 Å². The van der Waals surface area contributed by atoms with Crippen LogP contribution in [0.5, 0.6) is 0 Å². The molecule has 16 heavy (non-hydrogen) atoms. The normalized spacial score (nSPS) is 17.1. The molecule has 1 fully saturated rings. The number of aromatic nitrogens is 2. The lowest BCUT2D eigenvalue weighted by Crippen LogP contribution is -2.36. The average molecular weight is 239 g/mol. The van der Waals surface area contributed by atoms with Crippen molar-refractivity contribution >= 4 is 17.2 Å². The standard InChI is InChI=1S/C11H17N3OS/c1-3-4-5-11(6-7-11)12-9(15)10-14-13-8(2)16-10/h3-7H2,1-2H3,(H,12,15). The van der Waals surface area contributed by atoms with Gasteiger partial charge in [-0.25, -0.2) is 0 Å². The zero-order valence-corrected chi connectivity index (χ0v) is 10.6. The Labute approximate surface area is 99.5 Å². The molecular weight excluding hydrogens is 222 g/mol. The summed E-state index contributed by atoms with van der Waals surface area (Å²) in [6.07, 6.45) is 5.66. The molecule has 1 saturated carbocycles. The van der Waals surface area contributed by atoms with Crippen LogP contribution in [-0.2, 0) is 0 Å². The molecule has 0 saturated heterocycles. The molecule has 1 aromatic rings. The van der Waals surface area contributed by atoms with Crippen molar-refractivity contribution in [2.45, 2.75) is 51.5 Å². The van der Waals surface area contributed by atoms with Crippen LogP contribution >= 0.6 is 11.3 Å². The summed E-state index contributed by atoms with van der Waals surface area (Å²) in [4.78, 5) is 11.9. The van der Waals surface area contributed by atoms with E-state index in [1.54, 1.807) is 0 Å². The Balaban J connectivity index is 1.92. The molecule has 0 bridgehead atoms. The monoisotopic (exact) mass is 239 g/mol. The molecule has 88 valence electrons. The number of carbonyl (C=O) groups is 1. The van der Waals surface area contributed by atoms with E-state index in [0.29, 0.717) is 5.01 Å². The Bertz CT molecular complexity index is 384. The molecule has 1 aliphatic rings. The van der Waals surface area contributed by atoms with E-state index in [0.717, 1.165) is 24.3 Å².